The molecule has 814 valence electrons. The van der Waals surface area contributed by atoms with E-state index < -0.39 is 5.60 Å². The van der Waals surface area contributed by atoms with Gasteiger partial charge in [0.1, 0.15) is 0 Å². The summed E-state index contributed by atoms with van der Waals surface area (Å²) in [5, 5.41) is 17.4. The summed E-state index contributed by atoms with van der Waals surface area (Å²) in [7, 11) is 11.8. The van der Waals surface area contributed by atoms with E-state index in [2.05, 4.69) is 338 Å². The molecular weight excluding hydrogens is 1850 g/mol. The minimum absolute atomic E-state index is 0.245. The van der Waals surface area contributed by atoms with Gasteiger partial charge in [-0.3, -0.25) is 68.9 Å². The molecule has 9 aromatic heterocycles. The van der Waals surface area contributed by atoms with Gasteiger partial charge in [-0.25, -0.2) is 0 Å². The predicted octanol–water partition coefficient (Wildman–Crippen LogP) is 23.0. The quantitative estimate of drug-likeness (QED) is 0.0679. The van der Waals surface area contributed by atoms with E-state index in [0.717, 1.165) is 177 Å². The number of hydrogen-bond donors (Lipinski definition) is 3. The highest BCUT2D eigenvalue weighted by Crippen LogP contribution is 2.40. The number of piperidine rings is 8. The second kappa shape index (κ2) is 59.3. The maximum Gasteiger partial charge on any atom is 0.222 e. The highest BCUT2D eigenvalue weighted by Gasteiger charge is 2.36. The van der Waals surface area contributed by atoms with E-state index in [0.29, 0.717) is 113 Å². The number of likely N-dealkylation sites (N-methyl/N-ethyl adjacent to an activating group) is 1. The van der Waals surface area contributed by atoms with Crippen molar-refractivity contribution < 1.29 is 29.0 Å². The lowest BCUT2D eigenvalue weighted by atomic mass is 9.75. The number of pyridine rings is 9. The molecule has 24 nitrogen and oxygen atoms in total. The number of ether oxygens (including phenoxy) is 1. The van der Waals surface area contributed by atoms with Crippen LogP contribution in [0.4, 0.5) is 0 Å². The number of carbonyl (C=O) groups is 4. The van der Waals surface area contributed by atoms with Crippen molar-refractivity contribution in [3.63, 3.8) is 0 Å². The topological polar surface area (TPSA) is 260 Å². The van der Waals surface area contributed by atoms with E-state index in [1.807, 2.05) is 97.1 Å². The molecule has 4 atom stereocenters. The first-order valence-corrected chi connectivity index (χ1v) is 56.4. The Morgan fingerprint density at radius 2 is 0.591 bits per heavy atom. The lowest BCUT2D eigenvalue weighted by molar-refractivity contribution is -0.133. The smallest absolute Gasteiger partial charge is 0.222 e. The Morgan fingerprint density at radius 1 is 0.302 bits per heavy atom. The van der Waals surface area contributed by atoms with Gasteiger partial charge < -0.3 is 49.9 Å². The van der Waals surface area contributed by atoms with Gasteiger partial charge in [0.25, 0.3) is 0 Å². The average Bonchev–Trinajstić information content (AvgIpc) is 0.803. The molecule has 24 heteroatoms. The van der Waals surface area contributed by atoms with Crippen LogP contribution in [-0.4, -0.2) is 255 Å². The van der Waals surface area contributed by atoms with Gasteiger partial charge >= 0.3 is 0 Å². The SMILES string of the molecule is CC(C)c1ccc(C2(C)CCN(C)CC2)cn1.CC(C)c1ccc(C2(C)CCNCC2)cn1.CC(C)c1ccc(C2(O)CCN(C)CC2)cn1.CC(C)c1ccc(C2CCC(=O)N(C)C2)cn1.CC(C)c1ccc(C2CCN(C)C(=O)C2)cn1.CC(C)c1ccc(C2CCNCC2)cn1.CC(C)c1ccc(CN2CCOCC2)cn1.CC(C)c1ccc([C@@H]2CCN(C)C(=O)C2)cn1.CC(C)c1ccc([C@H]2CCN(C)C(=O)C2)cn1. The molecule has 9 aliphatic rings. The second-order valence-corrected chi connectivity index (χ2v) is 46.9. The third kappa shape index (κ3) is 37.7. The number of hydrogen-bond acceptors (Lipinski definition) is 20. The van der Waals surface area contributed by atoms with Crippen LogP contribution in [0.5, 0.6) is 0 Å². The van der Waals surface area contributed by atoms with Crippen LogP contribution in [0.1, 0.15) is 425 Å². The number of aliphatic hydroxyl groups is 1. The molecule has 0 aromatic carbocycles. The number of amides is 4. The molecule has 9 fully saturated rings. The largest absolute Gasteiger partial charge is 0.385 e. The summed E-state index contributed by atoms with van der Waals surface area (Å²) in [6, 6.07) is 38.7. The molecule has 3 N–H and O–H groups in total. The standard InChI is InChI=1S/C15H24N2.C14H20N2O.C14H22N2O.3C14H20N2O.C14H22N2.C13H20N2O.C13H20N2/c1-12(2)14-6-5-13(11-16-14)15(3)7-9-17(4)10-8-15;1-10(2)13-6-4-11(8-15-13)12-5-7-14(17)16(3)9-12;1-11(2)13-5-4-12(10-15-13)14(17)6-8-16(3)9-7-14;3*1-10(2)13-5-4-12(9-15-13)11-6-7-16(3)14(17)8-11;1-11(2)13-5-4-12(10-16-13)14(3)6-8-15-9-7-14;1-11(2)13-4-3-12(9-14-13)10-15-5-7-16-8-6-15;1-10(2)13-4-3-12(9-15-13)11-5-7-14-8-6-11/h5-6,11-12H,7-10H2,1-4H3;4,6,8,10,12H,5,7,9H2,1-3H3;4-5,10-11,17H,6-9H2,1-3H3;3*4-5,9-11H,6-8H2,1-3H3;4-5,10-11,15H,6-9H2,1-3H3;3-4,9,11H,5-8,10H2,1-2H3;3-4,9-11,14H,5-8H2,1-2H3/t;;;2*11-;;;;/m...10..../s1. The Morgan fingerprint density at radius 3 is 0.886 bits per heavy atom. The number of nitrogens with zero attached hydrogens (tertiary/aromatic N) is 16. The van der Waals surface area contributed by atoms with Gasteiger partial charge in [-0.15, -0.1) is 0 Å². The molecule has 0 spiro atoms. The normalized spacial score (nSPS) is 20.3. The zero-order chi connectivity index (χ0) is 108. The molecule has 9 aromatic rings. The fourth-order valence-electron chi connectivity index (χ4n) is 20.2. The van der Waals surface area contributed by atoms with Crippen LogP contribution in [-0.2, 0) is 46.9 Å². The number of nitrogens with one attached hydrogen (secondary N) is 2. The molecule has 0 aliphatic carbocycles. The molecule has 9 aliphatic heterocycles. The van der Waals surface area contributed by atoms with Crippen molar-refractivity contribution in [3.8, 4) is 0 Å². The molecule has 18 heterocycles. The Kier molecular flexibility index (Phi) is 48.0. The number of carbonyl (C=O) groups excluding carboxylic acids is 4. The van der Waals surface area contributed by atoms with Crippen molar-refractivity contribution in [2.75, 3.05) is 147 Å². The fraction of sp³-hybridized carbons (Fsp3) is 0.608. The third-order valence-corrected chi connectivity index (χ3v) is 31.9. The van der Waals surface area contributed by atoms with Crippen molar-refractivity contribution in [2.45, 2.75) is 347 Å². The highest BCUT2D eigenvalue weighted by molar-refractivity contribution is 5.79. The summed E-state index contributed by atoms with van der Waals surface area (Å²) >= 11 is 0. The van der Waals surface area contributed by atoms with Gasteiger partial charge in [0, 0.05) is 231 Å². The minimum Gasteiger partial charge on any atom is -0.385 e. The van der Waals surface area contributed by atoms with Crippen molar-refractivity contribution in [2.24, 2.45) is 0 Å². The first-order chi connectivity index (χ1) is 71.0. The lowest BCUT2D eigenvalue weighted by Gasteiger charge is -2.38. The molecular formula is C125H188N18O6. The zero-order valence-corrected chi connectivity index (χ0v) is 96.1. The maximum absolute atomic E-state index is 11.7. The lowest BCUT2D eigenvalue weighted by Crippen LogP contribution is -2.40. The van der Waals surface area contributed by atoms with E-state index in [-0.39, 0.29) is 23.6 Å². The Labute approximate surface area is 897 Å². The molecule has 2 unspecified atom stereocenters. The van der Waals surface area contributed by atoms with Gasteiger partial charge in [0.05, 0.1) is 18.8 Å². The number of likely N-dealkylation sites (tertiary alicyclic amines) is 6. The molecule has 0 radical (unpaired) electrons. The number of aromatic nitrogens is 9. The van der Waals surface area contributed by atoms with Crippen LogP contribution >= 0.6 is 0 Å². The highest BCUT2D eigenvalue weighted by atomic mass is 16.5. The van der Waals surface area contributed by atoms with Crippen LogP contribution in [0.3, 0.4) is 0 Å². The molecule has 0 saturated carbocycles. The minimum atomic E-state index is -0.672. The Bertz CT molecular complexity index is 5130. The van der Waals surface area contributed by atoms with E-state index in [9.17, 15) is 24.3 Å². The van der Waals surface area contributed by atoms with Gasteiger partial charge in [0.2, 0.25) is 23.6 Å². The van der Waals surface area contributed by atoms with Gasteiger partial charge in [-0.05, 0) is 317 Å². The van der Waals surface area contributed by atoms with Crippen LogP contribution < -0.4 is 10.6 Å². The molecule has 9 saturated heterocycles. The monoisotopic (exact) mass is 2040 g/mol. The summed E-state index contributed by atoms with van der Waals surface area (Å²) in [6.45, 7) is 60.6. The fourth-order valence-corrected chi connectivity index (χ4v) is 20.2. The van der Waals surface area contributed by atoms with Gasteiger partial charge in [-0.1, -0.05) is 193 Å². The molecule has 149 heavy (non-hydrogen) atoms. The summed E-state index contributed by atoms with van der Waals surface area (Å²) < 4.78 is 5.33. The van der Waals surface area contributed by atoms with E-state index in [1.54, 1.807) is 0 Å². The van der Waals surface area contributed by atoms with E-state index in [1.165, 1.54) is 119 Å². The van der Waals surface area contributed by atoms with Crippen molar-refractivity contribution in [1.82, 2.24) is 89.8 Å². The van der Waals surface area contributed by atoms with Crippen molar-refractivity contribution in [3.05, 3.63) is 266 Å². The number of rotatable bonds is 19. The number of morpholine rings is 1. The van der Waals surface area contributed by atoms with E-state index >= 15 is 0 Å². The van der Waals surface area contributed by atoms with Crippen LogP contribution in [0.25, 0.3) is 0 Å². The van der Waals surface area contributed by atoms with Crippen molar-refractivity contribution in [1.29, 1.82) is 0 Å². The van der Waals surface area contributed by atoms with Crippen LogP contribution in [0.15, 0.2) is 165 Å². The van der Waals surface area contributed by atoms with E-state index in [4.69, 9.17) is 4.74 Å². The van der Waals surface area contributed by atoms with Gasteiger partial charge in [0.15, 0.2) is 0 Å². The molecule has 0 bridgehead atoms. The first-order valence-electron chi connectivity index (χ1n) is 56.4. The summed E-state index contributed by atoms with van der Waals surface area (Å²) in [4.78, 5) is 101. The van der Waals surface area contributed by atoms with Crippen LogP contribution in [0, 0.1) is 0 Å². The Hall–Kier alpha value is -10.1. The molecule has 4 amide bonds. The summed E-state index contributed by atoms with van der Waals surface area (Å²) in [6.07, 6.45) is 33.6. The van der Waals surface area contributed by atoms with Crippen molar-refractivity contribution >= 4 is 23.6 Å². The first kappa shape index (κ1) is 121. The third-order valence-electron chi connectivity index (χ3n) is 31.9. The Balaban J connectivity index is 0.000000171. The second-order valence-electron chi connectivity index (χ2n) is 46.9. The van der Waals surface area contributed by atoms with Crippen LogP contribution in [0.2, 0.25) is 0 Å². The zero-order valence-electron chi connectivity index (χ0n) is 96.1. The average molecular weight is 2040 g/mol. The summed E-state index contributed by atoms with van der Waals surface area (Å²) in [5.74, 6) is 7.61. The molecule has 18 rings (SSSR count). The predicted molar refractivity (Wildman–Crippen MR) is 608 cm³/mol. The summed E-state index contributed by atoms with van der Waals surface area (Å²) in [5.41, 5.74) is 21.7. The van der Waals surface area contributed by atoms with Gasteiger partial charge in [-0.2, -0.15) is 0 Å². The maximum atomic E-state index is 11.7.